The largest absolute Gasteiger partial charge is 1.00 e. The molecule has 0 radical (unpaired) electrons. The molecule has 1 rings (SSSR count). The first-order valence-electron chi connectivity index (χ1n) is 6.70. The number of rotatable bonds is 6. The van der Waals surface area contributed by atoms with Crippen LogP contribution in [0.15, 0.2) is 0 Å². The third-order valence-corrected chi connectivity index (χ3v) is 3.60. The van der Waals surface area contributed by atoms with Crippen molar-refractivity contribution in [3.8, 4) is 0 Å². The second-order valence-electron chi connectivity index (χ2n) is 5.98. The molecule has 0 aromatic rings. The molecular weight excluding hydrogens is 383 g/mol. The van der Waals surface area contributed by atoms with Gasteiger partial charge in [-0.3, -0.25) is 0 Å². The molecule has 0 spiro atoms. The second kappa shape index (κ2) is 30.6. The van der Waals surface area contributed by atoms with Crippen LogP contribution in [0.4, 0.5) is 0 Å². The summed E-state index contributed by atoms with van der Waals surface area (Å²) in [5, 5.41) is 16.7. The van der Waals surface area contributed by atoms with Crippen molar-refractivity contribution in [1.82, 2.24) is 0 Å². The predicted octanol–water partition coefficient (Wildman–Crippen LogP) is 1.05. The van der Waals surface area contributed by atoms with E-state index in [2.05, 4.69) is 44.0 Å². The average molecular weight is 433 g/mol. The average Bonchev–Trinajstić information content (AvgIpc) is 3.09. The Bertz CT molecular complexity index is 177. The molecule has 1 saturated heterocycles. The fourth-order valence-corrected chi connectivity index (χ4v) is 2.11. The molecule has 1 aliphatic rings. The van der Waals surface area contributed by atoms with Gasteiger partial charge in [0.15, 0.2) is 16.6 Å². The number of hydrogen-bond donors (Lipinski definition) is 2. The van der Waals surface area contributed by atoms with Gasteiger partial charge in [-0.25, -0.2) is 0 Å². The predicted molar refractivity (Wildman–Crippen MR) is 112 cm³/mol. The molecule has 0 atom stereocenters. The van der Waals surface area contributed by atoms with Crippen molar-refractivity contribution >= 4 is 16.6 Å². The first-order chi connectivity index (χ1) is 8.62. The van der Waals surface area contributed by atoms with E-state index in [0.29, 0.717) is 13.2 Å². The van der Waals surface area contributed by atoms with Gasteiger partial charge in [-0.2, -0.15) is 0 Å². The fourth-order valence-electron chi connectivity index (χ4n) is 0.704. The first kappa shape index (κ1) is 50.5. The van der Waals surface area contributed by atoms with Gasteiger partial charge in [0.2, 0.25) is 0 Å². The van der Waals surface area contributed by atoms with Gasteiger partial charge in [-0.1, -0.05) is 29.7 Å². The smallest absolute Gasteiger partial charge is 0.870 e. The summed E-state index contributed by atoms with van der Waals surface area (Å²) >= 11 is 0. The van der Waals surface area contributed by atoms with E-state index in [-0.39, 0.29) is 99.8 Å². The van der Waals surface area contributed by atoms with Crippen LogP contribution in [-0.2, 0) is 13.6 Å². The molecule has 0 aliphatic carbocycles. The van der Waals surface area contributed by atoms with Crippen LogP contribution in [0.25, 0.3) is 0 Å². The summed E-state index contributed by atoms with van der Waals surface area (Å²) in [5.41, 5.74) is 0. The molecule has 9 heteroatoms. The van der Waals surface area contributed by atoms with Crippen LogP contribution in [-0.4, -0.2) is 72.0 Å². The maximum absolute atomic E-state index is 8.33. The van der Waals surface area contributed by atoms with Gasteiger partial charge >= 0.3 is 51.4 Å². The van der Waals surface area contributed by atoms with Gasteiger partial charge in [0.05, 0.1) is 39.6 Å². The number of hydrogen-bond acceptors (Lipinski definition) is 6. The quantitative estimate of drug-likeness (QED) is 0.480. The van der Waals surface area contributed by atoms with Crippen LogP contribution in [0.3, 0.4) is 0 Å². The third kappa shape index (κ3) is 89.1. The van der Waals surface area contributed by atoms with Crippen molar-refractivity contribution in [2.45, 2.75) is 69.0 Å². The summed E-state index contributed by atoms with van der Waals surface area (Å²) in [6.45, 7) is 15.9. The van der Waals surface area contributed by atoms with Crippen molar-refractivity contribution < 1.29 is 80.7 Å². The topological polar surface area (TPSA) is 101 Å². The molecule has 1 fully saturated rings. The van der Waals surface area contributed by atoms with Gasteiger partial charge in [0.25, 0.3) is 0 Å². The molecule has 6 nitrogen and oxygen atoms in total. The Morgan fingerprint density at radius 1 is 0.720 bits per heavy atom. The summed E-state index contributed by atoms with van der Waals surface area (Å²) < 4.78 is 15.0. The minimum Gasteiger partial charge on any atom is -0.870 e. The molecular formula is C16H49KO6Si2. The van der Waals surface area contributed by atoms with E-state index < -0.39 is 16.6 Å². The molecule has 0 aromatic heterocycles. The number of ether oxygens (including phenoxy) is 1. The van der Waals surface area contributed by atoms with Crippen molar-refractivity contribution in [2.75, 3.05) is 39.6 Å². The molecule has 0 unspecified atom stereocenters. The van der Waals surface area contributed by atoms with E-state index >= 15 is 0 Å². The third-order valence-electron chi connectivity index (χ3n) is 1.46. The van der Waals surface area contributed by atoms with Crippen LogP contribution in [0.1, 0.15) is 29.7 Å². The molecule has 25 heavy (non-hydrogen) atoms. The summed E-state index contributed by atoms with van der Waals surface area (Å²) in [5.74, 6) is 0. The summed E-state index contributed by atoms with van der Waals surface area (Å²) in [6, 6.07) is 0. The normalized spacial score (nSPS) is 10.6. The molecule has 0 bridgehead atoms. The Kier molecular flexibility index (Phi) is 61.7. The van der Waals surface area contributed by atoms with Crippen molar-refractivity contribution in [3.05, 3.63) is 0 Å². The van der Waals surface area contributed by atoms with Crippen LogP contribution in [0.5, 0.6) is 0 Å². The van der Waals surface area contributed by atoms with Gasteiger partial charge in [0.1, 0.15) is 0 Å². The van der Waals surface area contributed by atoms with Crippen LogP contribution < -0.4 is 51.4 Å². The van der Waals surface area contributed by atoms with Gasteiger partial charge in [0, 0.05) is 0 Å². The van der Waals surface area contributed by atoms with Crippen molar-refractivity contribution in [2.24, 2.45) is 0 Å². The second-order valence-corrected chi connectivity index (χ2v) is 15.0. The monoisotopic (exact) mass is 432 g/mol. The zero-order chi connectivity index (χ0) is 15.4. The van der Waals surface area contributed by atoms with Crippen molar-refractivity contribution in [3.63, 3.8) is 0 Å². The van der Waals surface area contributed by atoms with E-state index in [1.165, 1.54) is 0 Å². The summed E-state index contributed by atoms with van der Waals surface area (Å²) in [6.07, 6.45) is 0. The maximum Gasteiger partial charge on any atom is 1.00 e. The Hall–Kier alpha value is 1.83. The van der Waals surface area contributed by atoms with Crippen LogP contribution >= 0.6 is 0 Å². The minimum absolute atomic E-state index is 0. The Balaban J connectivity index is -0.0000000272. The number of aliphatic hydroxyl groups is 2. The van der Waals surface area contributed by atoms with E-state index in [1.807, 2.05) is 0 Å². The molecule has 158 valence electrons. The molecule has 1 aliphatic heterocycles. The Labute approximate surface area is 204 Å². The number of epoxide rings is 1. The Morgan fingerprint density at radius 3 is 0.960 bits per heavy atom. The van der Waals surface area contributed by atoms with E-state index in [4.69, 9.17) is 19.1 Å². The SMILES string of the molecule is C.C.C.C.C1CO1.C[Si](C)(C)OCCO.C[Si](C)(C)OCCO.[K+].[OH-]. The zero-order valence-corrected chi connectivity index (χ0v) is 19.9. The van der Waals surface area contributed by atoms with Gasteiger partial charge in [-0.05, 0) is 39.3 Å². The van der Waals surface area contributed by atoms with Gasteiger partial charge < -0.3 is 29.3 Å². The molecule has 3 N–H and O–H groups in total. The van der Waals surface area contributed by atoms with E-state index in [9.17, 15) is 0 Å². The molecule has 0 amide bonds. The van der Waals surface area contributed by atoms with Gasteiger partial charge in [-0.15, -0.1) is 0 Å². The van der Waals surface area contributed by atoms with Crippen molar-refractivity contribution in [1.29, 1.82) is 0 Å². The summed E-state index contributed by atoms with van der Waals surface area (Å²) in [7, 11) is -2.68. The van der Waals surface area contributed by atoms with Crippen LogP contribution in [0.2, 0.25) is 39.3 Å². The Morgan fingerprint density at radius 2 is 0.920 bits per heavy atom. The minimum atomic E-state index is -1.34. The first-order valence-corrected chi connectivity index (χ1v) is 13.5. The standard InChI is InChI=1S/2C5H14O2Si.C2H4O.4CH4.K.H2O/c2*1-8(2,3)7-5-4-6;1-2-3-1;;;;;;/h2*6H,4-5H2,1-3H3;1-2H2;4*1H4;;1H2/q;;;;;;;+1;/p-1. The van der Waals surface area contributed by atoms with E-state index in [1.54, 1.807) is 0 Å². The fraction of sp³-hybridized carbons (Fsp3) is 1.00. The zero-order valence-electron chi connectivity index (χ0n) is 14.8. The van der Waals surface area contributed by atoms with Crippen LogP contribution in [0, 0.1) is 0 Å². The molecule has 1 heterocycles. The maximum atomic E-state index is 8.33. The molecule has 0 aromatic carbocycles. The number of aliphatic hydroxyl groups excluding tert-OH is 2. The van der Waals surface area contributed by atoms with E-state index in [0.717, 1.165) is 13.2 Å². The molecule has 0 saturated carbocycles. The summed E-state index contributed by atoms with van der Waals surface area (Å²) in [4.78, 5) is 0.